The number of benzene rings is 2. The molecule has 0 aliphatic rings. The molecule has 1 amide bonds. The maximum atomic E-state index is 11.7. The molecule has 0 unspecified atom stereocenters. The normalized spacial score (nSPS) is 11.0. The number of guanidine groups is 1. The molecule has 6 heteroatoms. The van der Waals surface area contributed by atoms with E-state index in [1.165, 1.54) is 0 Å². The Kier molecular flexibility index (Phi) is 8.69. The van der Waals surface area contributed by atoms with Crippen LogP contribution in [0.3, 0.4) is 0 Å². The van der Waals surface area contributed by atoms with Crippen LogP contribution in [0.25, 0.3) is 0 Å². The van der Waals surface area contributed by atoms with E-state index in [9.17, 15) is 4.79 Å². The monoisotopic (exact) mass is 368 g/mol. The van der Waals surface area contributed by atoms with Crippen LogP contribution in [-0.4, -0.2) is 45.7 Å². The van der Waals surface area contributed by atoms with E-state index in [0.29, 0.717) is 12.2 Å². The molecule has 27 heavy (non-hydrogen) atoms. The molecule has 2 rings (SSSR count). The standard InChI is InChI=1S/C21H28N4O2/c1-22-20(26)18-9-6-8-17(16-18)12-14-25-21(23-2)24-13-7-15-27-19-10-4-3-5-11-19/h3-6,8-11,16H,7,12-15H2,1-2H3,(H,22,26)(H2,23,24,25). The summed E-state index contributed by atoms with van der Waals surface area (Å²) in [7, 11) is 3.39. The highest BCUT2D eigenvalue weighted by Gasteiger charge is 2.04. The van der Waals surface area contributed by atoms with Crippen LogP contribution in [0, 0.1) is 0 Å². The van der Waals surface area contributed by atoms with Crippen LogP contribution in [-0.2, 0) is 6.42 Å². The van der Waals surface area contributed by atoms with E-state index in [4.69, 9.17) is 4.74 Å². The zero-order chi connectivity index (χ0) is 19.3. The number of aliphatic imine (C=N–C) groups is 1. The summed E-state index contributed by atoms with van der Waals surface area (Å²) >= 11 is 0. The number of nitrogens with one attached hydrogen (secondary N) is 3. The Bertz CT molecular complexity index is 732. The Hall–Kier alpha value is -3.02. The average Bonchev–Trinajstić information content (AvgIpc) is 2.72. The Morgan fingerprint density at radius 2 is 1.81 bits per heavy atom. The Labute approximate surface area is 161 Å². The zero-order valence-corrected chi connectivity index (χ0v) is 16.0. The van der Waals surface area contributed by atoms with Gasteiger partial charge in [0.15, 0.2) is 5.96 Å². The number of amides is 1. The van der Waals surface area contributed by atoms with Gasteiger partial charge in [0, 0.05) is 32.7 Å². The van der Waals surface area contributed by atoms with Crippen molar-refractivity contribution in [2.24, 2.45) is 4.99 Å². The SMILES string of the molecule is CN=C(NCCCOc1ccccc1)NCCc1cccc(C(=O)NC)c1. The van der Waals surface area contributed by atoms with Crippen molar-refractivity contribution in [3.63, 3.8) is 0 Å². The third-order valence-corrected chi connectivity index (χ3v) is 3.97. The largest absolute Gasteiger partial charge is 0.494 e. The minimum Gasteiger partial charge on any atom is -0.494 e. The van der Waals surface area contributed by atoms with Gasteiger partial charge in [-0.05, 0) is 42.7 Å². The lowest BCUT2D eigenvalue weighted by atomic mass is 10.1. The van der Waals surface area contributed by atoms with Crippen molar-refractivity contribution in [3.8, 4) is 5.75 Å². The number of rotatable bonds is 9. The number of para-hydroxylation sites is 1. The lowest BCUT2D eigenvalue weighted by Gasteiger charge is -2.12. The maximum absolute atomic E-state index is 11.7. The van der Waals surface area contributed by atoms with Gasteiger partial charge in [0.1, 0.15) is 5.75 Å². The first-order chi connectivity index (χ1) is 13.2. The summed E-state index contributed by atoms with van der Waals surface area (Å²) in [6.45, 7) is 2.16. The minimum absolute atomic E-state index is 0.0694. The highest BCUT2D eigenvalue weighted by Crippen LogP contribution is 2.08. The number of carbonyl (C=O) groups is 1. The van der Waals surface area contributed by atoms with Crippen molar-refractivity contribution in [1.82, 2.24) is 16.0 Å². The maximum Gasteiger partial charge on any atom is 0.251 e. The first-order valence-corrected chi connectivity index (χ1v) is 9.16. The van der Waals surface area contributed by atoms with Gasteiger partial charge in [0.2, 0.25) is 0 Å². The van der Waals surface area contributed by atoms with E-state index < -0.39 is 0 Å². The Morgan fingerprint density at radius 3 is 2.56 bits per heavy atom. The van der Waals surface area contributed by atoms with Gasteiger partial charge in [-0.15, -0.1) is 0 Å². The molecule has 0 saturated heterocycles. The second kappa shape index (κ2) is 11.6. The molecule has 0 aliphatic carbocycles. The van der Waals surface area contributed by atoms with Crippen LogP contribution in [0.15, 0.2) is 59.6 Å². The highest BCUT2D eigenvalue weighted by molar-refractivity contribution is 5.94. The second-order valence-electron chi connectivity index (χ2n) is 5.97. The van der Waals surface area contributed by atoms with Gasteiger partial charge < -0.3 is 20.7 Å². The number of hydrogen-bond acceptors (Lipinski definition) is 3. The summed E-state index contributed by atoms with van der Waals surface area (Å²) in [5.74, 6) is 1.58. The van der Waals surface area contributed by atoms with Crippen molar-refractivity contribution < 1.29 is 9.53 Å². The Balaban J connectivity index is 1.65. The van der Waals surface area contributed by atoms with E-state index in [1.807, 2.05) is 54.6 Å². The van der Waals surface area contributed by atoms with Gasteiger partial charge in [0.25, 0.3) is 5.91 Å². The molecule has 0 aromatic heterocycles. The summed E-state index contributed by atoms with van der Waals surface area (Å²) in [6, 6.07) is 17.4. The third kappa shape index (κ3) is 7.40. The fourth-order valence-corrected chi connectivity index (χ4v) is 2.54. The summed E-state index contributed by atoms with van der Waals surface area (Å²) in [6.07, 6.45) is 1.69. The van der Waals surface area contributed by atoms with E-state index in [2.05, 4.69) is 20.9 Å². The van der Waals surface area contributed by atoms with Gasteiger partial charge in [-0.3, -0.25) is 9.79 Å². The first-order valence-electron chi connectivity index (χ1n) is 9.16. The first kappa shape index (κ1) is 20.3. The Morgan fingerprint density at radius 1 is 1.04 bits per heavy atom. The molecular weight excluding hydrogens is 340 g/mol. The van der Waals surface area contributed by atoms with Crippen molar-refractivity contribution in [2.75, 3.05) is 33.8 Å². The molecule has 144 valence electrons. The molecule has 0 fully saturated rings. The molecule has 0 aliphatic heterocycles. The van der Waals surface area contributed by atoms with Crippen molar-refractivity contribution in [2.45, 2.75) is 12.8 Å². The number of ether oxygens (including phenoxy) is 1. The summed E-state index contributed by atoms with van der Waals surface area (Å²) in [4.78, 5) is 15.9. The molecule has 0 bridgehead atoms. The quantitative estimate of drug-likeness (QED) is 0.360. The van der Waals surface area contributed by atoms with Gasteiger partial charge in [0.05, 0.1) is 6.61 Å². The van der Waals surface area contributed by atoms with Crippen molar-refractivity contribution in [1.29, 1.82) is 0 Å². The van der Waals surface area contributed by atoms with Gasteiger partial charge in [-0.25, -0.2) is 0 Å². The minimum atomic E-state index is -0.0694. The summed E-state index contributed by atoms with van der Waals surface area (Å²) in [5.41, 5.74) is 1.78. The molecule has 2 aromatic carbocycles. The molecule has 0 saturated carbocycles. The van der Waals surface area contributed by atoms with Crippen LogP contribution in [0.5, 0.6) is 5.75 Å². The van der Waals surface area contributed by atoms with E-state index >= 15 is 0 Å². The van der Waals surface area contributed by atoms with Gasteiger partial charge in [-0.2, -0.15) is 0 Å². The number of hydrogen-bond donors (Lipinski definition) is 3. The highest BCUT2D eigenvalue weighted by atomic mass is 16.5. The molecule has 0 radical (unpaired) electrons. The summed E-state index contributed by atoms with van der Waals surface area (Å²) in [5, 5.41) is 9.20. The average molecular weight is 368 g/mol. The second-order valence-corrected chi connectivity index (χ2v) is 5.97. The van der Waals surface area contributed by atoms with Crippen molar-refractivity contribution >= 4 is 11.9 Å². The summed E-state index contributed by atoms with van der Waals surface area (Å²) < 4.78 is 5.67. The number of nitrogens with zero attached hydrogens (tertiary/aromatic N) is 1. The van der Waals surface area contributed by atoms with E-state index in [0.717, 1.165) is 43.2 Å². The zero-order valence-electron chi connectivity index (χ0n) is 16.0. The predicted octanol–water partition coefficient (Wildman–Crippen LogP) is 2.22. The lowest BCUT2D eigenvalue weighted by Crippen LogP contribution is -2.39. The molecule has 0 atom stereocenters. The number of carbonyl (C=O) groups excluding carboxylic acids is 1. The topological polar surface area (TPSA) is 74.8 Å². The molecule has 6 nitrogen and oxygen atoms in total. The van der Waals surface area contributed by atoms with Crippen molar-refractivity contribution in [3.05, 3.63) is 65.7 Å². The van der Waals surface area contributed by atoms with E-state index in [-0.39, 0.29) is 5.91 Å². The van der Waals surface area contributed by atoms with Crippen LogP contribution in [0.4, 0.5) is 0 Å². The lowest BCUT2D eigenvalue weighted by molar-refractivity contribution is 0.0963. The smallest absolute Gasteiger partial charge is 0.251 e. The van der Waals surface area contributed by atoms with Gasteiger partial charge >= 0.3 is 0 Å². The molecule has 0 heterocycles. The molecule has 2 aromatic rings. The van der Waals surface area contributed by atoms with Crippen LogP contribution in [0.1, 0.15) is 22.3 Å². The molecule has 0 spiro atoms. The predicted molar refractivity (Wildman–Crippen MR) is 109 cm³/mol. The fourth-order valence-electron chi connectivity index (χ4n) is 2.54. The van der Waals surface area contributed by atoms with Crippen LogP contribution < -0.4 is 20.7 Å². The molecular formula is C21H28N4O2. The van der Waals surface area contributed by atoms with Gasteiger partial charge in [-0.1, -0.05) is 30.3 Å². The van der Waals surface area contributed by atoms with Crippen LogP contribution >= 0.6 is 0 Å². The van der Waals surface area contributed by atoms with Crippen LogP contribution in [0.2, 0.25) is 0 Å². The fraction of sp³-hybridized carbons (Fsp3) is 0.333. The van der Waals surface area contributed by atoms with E-state index in [1.54, 1.807) is 14.1 Å². The third-order valence-electron chi connectivity index (χ3n) is 3.97. The molecule has 3 N–H and O–H groups in total.